The predicted molar refractivity (Wildman–Crippen MR) is 121 cm³/mol. The lowest BCUT2D eigenvalue weighted by molar-refractivity contribution is 0.0527. The molecule has 31 heavy (non-hydrogen) atoms. The summed E-state index contributed by atoms with van der Waals surface area (Å²) < 4.78 is 10.6. The molecule has 0 unspecified atom stereocenters. The van der Waals surface area contributed by atoms with Crippen LogP contribution in [-0.2, 0) is 11.3 Å². The highest BCUT2D eigenvalue weighted by atomic mass is 16.5. The summed E-state index contributed by atoms with van der Waals surface area (Å²) >= 11 is 0. The maximum absolute atomic E-state index is 12.7. The Kier molecular flexibility index (Phi) is 5.77. The molecule has 1 fully saturated rings. The van der Waals surface area contributed by atoms with Gasteiger partial charge in [-0.25, -0.2) is 9.64 Å². The van der Waals surface area contributed by atoms with Gasteiger partial charge in [-0.1, -0.05) is 18.2 Å². The van der Waals surface area contributed by atoms with Crippen molar-refractivity contribution in [1.82, 2.24) is 4.98 Å². The summed E-state index contributed by atoms with van der Waals surface area (Å²) in [7, 11) is 1.65. The molecule has 158 valence electrons. The van der Waals surface area contributed by atoms with Gasteiger partial charge in [-0.05, 0) is 61.4 Å². The summed E-state index contributed by atoms with van der Waals surface area (Å²) in [4.78, 5) is 20.9. The maximum atomic E-state index is 12.7. The van der Waals surface area contributed by atoms with E-state index >= 15 is 0 Å². The van der Waals surface area contributed by atoms with Crippen molar-refractivity contribution in [3.63, 3.8) is 0 Å². The van der Waals surface area contributed by atoms with Crippen LogP contribution in [0.3, 0.4) is 0 Å². The number of pyridine rings is 1. The third-order valence-corrected chi connectivity index (χ3v) is 5.56. The van der Waals surface area contributed by atoms with Crippen molar-refractivity contribution >= 4 is 28.2 Å². The minimum absolute atomic E-state index is 0.281. The Labute approximate surface area is 182 Å². The molecule has 0 atom stereocenters. The zero-order valence-corrected chi connectivity index (χ0v) is 18.0. The first kappa shape index (κ1) is 20.7. The van der Waals surface area contributed by atoms with Crippen molar-refractivity contribution in [2.75, 3.05) is 19.0 Å². The Morgan fingerprint density at radius 2 is 2.10 bits per heavy atom. The molecule has 2 aromatic carbocycles. The number of ether oxygens (including phenoxy) is 2. The second-order valence-electron chi connectivity index (χ2n) is 7.74. The summed E-state index contributed by atoms with van der Waals surface area (Å²) in [6, 6.07) is 9.73. The first-order chi connectivity index (χ1) is 15.0. The molecule has 1 saturated carbocycles. The Hall–Kier alpha value is -3.59. The van der Waals surface area contributed by atoms with Gasteiger partial charge in [-0.15, -0.1) is 0 Å². The normalized spacial score (nSPS) is 13.0. The van der Waals surface area contributed by atoms with Gasteiger partial charge in [0.1, 0.15) is 11.3 Å². The van der Waals surface area contributed by atoms with Gasteiger partial charge in [-0.3, -0.25) is 4.98 Å². The lowest BCUT2D eigenvalue weighted by atomic mass is 10.0. The molecule has 0 radical (unpaired) electrons. The van der Waals surface area contributed by atoms with E-state index in [4.69, 9.17) is 16.0 Å². The predicted octanol–water partition coefficient (Wildman–Crippen LogP) is 5.77. The van der Waals surface area contributed by atoms with E-state index in [-0.39, 0.29) is 6.61 Å². The van der Waals surface area contributed by atoms with Crippen LogP contribution in [0.4, 0.5) is 11.4 Å². The average Bonchev–Trinajstić information content (AvgIpc) is 3.62. The van der Waals surface area contributed by atoms with Crippen molar-refractivity contribution in [3.05, 3.63) is 70.2 Å². The van der Waals surface area contributed by atoms with Gasteiger partial charge in [0, 0.05) is 18.1 Å². The largest absolute Gasteiger partial charge is 0.496 e. The monoisotopic (exact) mass is 415 g/mol. The number of rotatable bonds is 7. The SMILES string of the molecule is [C-]#[N+]c1cc(C2CC2)c2ncc(C(=O)OCC)c(NCc3ccc(OC)c(C)c3)c2c1. The Morgan fingerprint density at radius 1 is 1.29 bits per heavy atom. The number of methoxy groups -OCH3 is 1. The van der Waals surface area contributed by atoms with E-state index in [1.165, 1.54) is 0 Å². The molecule has 4 rings (SSSR count). The fourth-order valence-electron chi connectivity index (χ4n) is 3.88. The van der Waals surface area contributed by atoms with Gasteiger partial charge in [-0.2, -0.15) is 0 Å². The fourth-order valence-corrected chi connectivity index (χ4v) is 3.88. The smallest absolute Gasteiger partial charge is 0.341 e. The summed E-state index contributed by atoms with van der Waals surface area (Å²) in [6.07, 6.45) is 3.79. The van der Waals surface area contributed by atoms with Crippen LogP contribution < -0.4 is 10.1 Å². The molecule has 0 bridgehead atoms. The number of esters is 1. The molecule has 1 aliphatic rings. The van der Waals surface area contributed by atoms with Crippen molar-refractivity contribution in [3.8, 4) is 5.75 Å². The van der Waals surface area contributed by atoms with Crippen molar-refractivity contribution in [2.24, 2.45) is 0 Å². The van der Waals surface area contributed by atoms with Gasteiger partial charge in [0.05, 0.1) is 31.5 Å². The van der Waals surface area contributed by atoms with Crippen LogP contribution in [0.5, 0.6) is 5.75 Å². The summed E-state index contributed by atoms with van der Waals surface area (Å²) in [5.41, 5.74) is 5.62. The van der Waals surface area contributed by atoms with E-state index < -0.39 is 5.97 Å². The molecular weight excluding hydrogens is 390 g/mol. The van der Waals surface area contributed by atoms with E-state index in [0.717, 1.165) is 46.2 Å². The molecule has 0 aliphatic heterocycles. The highest BCUT2D eigenvalue weighted by Crippen LogP contribution is 2.45. The molecule has 0 spiro atoms. The molecule has 1 aliphatic carbocycles. The minimum atomic E-state index is -0.425. The summed E-state index contributed by atoms with van der Waals surface area (Å²) in [5, 5.41) is 4.21. The quantitative estimate of drug-likeness (QED) is 0.392. The van der Waals surface area contributed by atoms with E-state index in [1.54, 1.807) is 20.2 Å². The highest BCUT2D eigenvalue weighted by Gasteiger charge is 2.28. The van der Waals surface area contributed by atoms with Crippen LogP contribution in [0.2, 0.25) is 0 Å². The third kappa shape index (κ3) is 4.17. The molecule has 0 saturated heterocycles. The summed E-state index contributed by atoms with van der Waals surface area (Å²) in [6.45, 7) is 12.1. The minimum Gasteiger partial charge on any atom is -0.496 e. The topological polar surface area (TPSA) is 64.8 Å². The number of anilines is 1. The Bertz CT molecular complexity index is 1190. The molecular formula is C25H25N3O3. The lowest BCUT2D eigenvalue weighted by Gasteiger charge is -2.17. The van der Waals surface area contributed by atoms with E-state index in [2.05, 4.69) is 21.2 Å². The zero-order chi connectivity index (χ0) is 22.0. The van der Waals surface area contributed by atoms with Gasteiger partial charge < -0.3 is 14.8 Å². The van der Waals surface area contributed by atoms with E-state index in [9.17, 15) is 4.79 Å². The van der Waals surface area contributed by atoms with Crippen LogP contribution >= 0.6 is 0 Å². The molecule has 0 amide bonds. The van der Waals surface area contributed by atoms with E-state index in [0.29, 0.717) is 29.4 Å². The maximum Gasteiger partial charge on any atom is 0.341 e. The number of nitrogens with one attached hydrogen (secondary N) is 1. The van der Waals surface area contributed by atoms with Crippen LogP contribution in [0.1, 0.15) is 52.7 Å². The molecule has 1 N–H and O–H groups in total. The number of hydrogen-bond donors (Lipinski definition) is 1. The van der Waals surface area contributed by atoms with Gasteiger partial charge in [0.2, 0.25) is 0 Å². The first-order valence-electron chi connectivity index (χ1n) is 10.4. The average molecular weight is 415 g/mol. The van der Waals surface area contributed by atoms with Crippen LogP contribution in [0, 0.1) is 13.5 Å². The first-order valence-corrected chi connectivity index (χ1v) is 10.4. The number of fused-ring (bicyclic) bond motifs is 1. The number of nitrogens with zero attached hydrogens (tertiary/aromatic N) is 2. The fraction of sp³-hybridized carbons (Fsp3) is 0.320. The Balaban J connectivity index is 1.80. The number of benzene rings is 2. The van der Waals surface area contributed by atoms with Crippen LogP contribution in [-0.4, -0.2) is 24.7 Å². The van der Waals surface area contributed by atoms with Crippen LogP contribution in [0.25, 0.3) is 15.7 Å². The van der Waals surface area contributed by atoms with Crippen molar-refractivity contribution < 1.29 is 14.3 Å². The molecule has 6 nitrogen and oxygen atoms in total. The second-order valence-corrected chi connectivity index (χ2v) is 7.74. The number of carbonyl (C=O) groups excluding carboxylic acids is 1. The Morgan fingerprint density at radius 3 is 2.74 bits per heavy atom. The van der Waals surface area contributed by atoms with Crippen LogP contribution in [0.15, 0.2) is 36.5 Å². The van der Waals surface area contributed by atoms with Gasteiger partial charge >= 0.3 is 5.97 Å². The molecule has 6 heteroatoms. The number of aryl methyl sites for hydroxylation is 1. The van der Waals surface area contributed by atoms with Gasteiger partial charge in [0.15, 0.2) is 5.69 Å². The zero-order valence-electron chi connectivity index (χ0n) is 18.0. The second kappa shape index (κ2) is 8.65. The van der Waals surface area contributed by atoms with Crippen molar-refractivity contribution in [2.45, 2.75) is 39.2 Å². The lowest BCUT2D eigenvalue weighted by Crippen LogP contribution is -2.11. The van der Waals surface area contributed by atoms with E-state index in [1.807, 2.05) is 31.2 Å². The standard InChI is InChI=1S/C25H25N3O3/c1-5-31-25(29)21-14-28-23-19(17-7-8-17)11-18(26-3)12-20(23)24(21)27-13-16-6-9-22(30-4)15(2)10-16/h6,9-12,14,17H,5,7-8,13H2,1-2,4H3,(H,27,28). The number of carbonyl (C=O) groups is 1. The molecule has 1 heterocycles. The van der Waals surface area contributed by atoms with Gasteiger partial charge in [0.25, 0.3) is 0 Å². The third-order valence-electron chi connectivity index (χ3n) is 5.56. The van der Waals surface area contributed by atoms with Crippen molar-refractivity contribution in [1.29, 1.82) is 0 Å². The number of hydrogen-bond acceptors (Lipinski definition) is 5. The summed E-state index contributed by atoms with van der Waals surface area (Å²) in [5.74, 6) is 0.842. The molecule has 3 aromatic rings. The highest BCUT2D eigenvalue weighted by molar-refractivity contribution is 6.06. The number of aromatic nitrogens is 1. The molecule has 1 aromatic heterocycles.